The van der Waals surface area contributed by atoms with Crippen molar-refractivity contribution in [3.8, 4) is 0 Å². The van der Waals surface area contributed by atoms with Crippen molar-refractivity contribution in [3.05, 3.63) is 29.6 Å². The molecule has 1 aliphatic heterocycles. The van der Waals surface area contributed by atoms with E-state index in [-0.39, 0.29) is 6.09 Å². The molecule has 25 heavy (non-hydrogen) atoms. The Morgan fingerprint density at radius 3 is 2.48 bits per heavy atom. The number of esters is 1. The summed E-state index contributed by atoms with van der Waals surface area (Å²) in [6, 6.07) is 3.67. The van der Waals surface area contributed by atoms with Crippen molar-refractivity contribution in [1.82, 2.24) is 14.8 Å². The van der Waals surface area contributed by atoms with E-state index in [1.54, 1.807) is 17.2 Å². The molecule has 0 aromatic carbocycles. The van der Waals surface area contributed by atoms with Gasteiger partial charge < -0.3 is 14.4 Å². The first-order valence-electron chi connectivity index (χ1n) is 8.52. The first-order chi connectivity index (χ1) is 11.8. The minimum Gasteiger partial charge on any atom is -0.464 e. The summed E-state index contributed by atoms with van der Waals surface area (Å²) < 4.78 is 10.1. The molecule has 1 amide bonds. The highest BCUT2D eigenvalue weighted by molar-refractivity contribution is 5.87. The van der Waals surface area contributed by atoms with Crippen LogP contribution in [0.3, 0.4) is 0 Å². The summed E-state index contributed by atoms with van der Waals surface area (Å²) in [6.07, 6.45) is 2.20. The van der Waals surface area contributed by atoms with Crippen LogP contribution in [0.15, 0.2) is 18.3 Å². The van der Waals surface area contributed by atoms with Gasteiger partial charge in [-0.05, 0) is 44.9 Å². The molecule has 0 N–H and O–H groups in total. The average molecular weight is 349 g/mol. The van der Waals surface area contributed by atoms with Crippen molar-refractivity contribution < 1.29 is 19.1 Å². The van der Waals surface area contributed by atoms with E-state index in [4.69, 9.17) is 9.47 Å². The third-order valence-corrected chi connectivity index (χ3v) is 3.96. The van der Waals surface area contributed by atoms with Gasteiger partial charge >= 0.3 is 12.1 Å². The Labute approximate surface area is 148 Å². The lowest BCUT2D eigenvalue weighted by Gasteiger charge is -2.35. The number of hydrogen-bond acceptors (Lipinski definition) is 6. The zero-order chi connectivity index (χ0) is 18.4. The Bertz CT molecular complexity index is 605. The number of hydrogen-bond donors (Lipinski definition) is 0. The predicted octanol–water partition coefficient (Wildman–Crippen LogP) is 1.96. The summed E-state index contributed by atoms with van der Waals surface area (Å²) in [4.78, 5) is 31.7. The molecule has 1 aliphatic rings. The standard InChI is InChI=1S/C18H27N3O4/c1-18(2,3)25-17(23)21-11-9-20(10-12-21)8-6-14-5-7-19-15(13-14)16(22)24-4/h5,7,13H,6,8-12H2,1-4H3. The number of ether oxygens (including phenoxy) is 2. The topological polar surface area (TPSA) is 72.0 Å². The smallest absolute Gasteiger partial charge is 0.410 e. The van der Waals surface area contributed by atoms with Crippen LogP contribution in [-0.4, -0.2) is 72.3 Å². The summed E-state index contributed by atoms with van der Waals surface area (Å²) >= 11 is 0. The Kier molecular flexibility index (Phi) is 6.36. The molecule has 0 radical (unpaired) electrons. The molecular formula is C18H27N3O4. The highest BCUT2D eigenvalue weighted by atomic mass is 16.6. The van der Waals surface area contributed by atoms with E-state index in [1.165, 1.54) is 7.11 Å². The van der Waals surface area contributed by atoms with Crippen LogP contribution in [0.2, 0.25) is 0 Å². The Morgan fingerprint density at radius 2 is 1.88 bits per heavy atom. The number of carbonyl (C=O) groups is 2. The maximum atomic E-state index is 12.1. The zero-order valence-electron chi connectivity index (χ0n) is 15.4. The lowest BCUT2D eigenvalue weighted by atomic mass is 10.1. The molecule has 0 saturated carbocycles. The number of carbonyl (C=O) groups excluding carboxylic acids is 2. The molecule has 0 bridgehead atoms. The van der Waals surface area contributed by atoms with Crippen LogP contribution in [-0.2, 0) is 15.9 Å². The van der Waals surface area contributed by atoms with E-state index in [2.05, 4.69) is 9.88 Å². The van der Waals surface area contributed by atoms with Gasteiger partial charge in [0.2, 0.25) is 0 Å². The van der Waals surface area contributed by atoms with Gasteiger partial charge in [0.15, 0.2) is 0 Å². The second-order valence-corrected chi connectivity index (χ2v) is 7.10. The Hall–Kier alpha value is -2.15. The van der Waals surface area contributed by atoms with Crippen LogP contribution < -0.4 is 0 Å². The Balaban J connectivity index is 1.79. The quantitative estimate of drug-likeness (QED) is 0.774. The summed E-state index contributed by atoms with van der Waals surface area (Å²) in [7, 11) is 1.35. The molecule has 7 nitrogen and oxygen atoms in total. The average Bonchev–Trinajstić information content (AvgIpc) is 2.58. The lowest BCUT2D eigenvalue weighted by Crippen LogP contribution is -2.50. The predicted molar refractivity (Wildman–Crippen MR) is 93.5 cm³/mol. The molecule has 1 aromatic heterocycles. The van der Waals surface area contributed by atoms with Gasteiger partial charge in [-0.15, -0.1) is 0 Å². The molecule has 0 spiro atoms. The minimum atomic E-state index is -0.465. The fourth-order valence-corrected chi connectivity index (χ4v) is 2.61. The van der Waals surface area contributed by atoms with Crippen LogP contribution in [0.1, 0.15) is 36.8 Å². The number of rotatable bonds is 4. The van der Waals surface area contributed by atoms with Gasteiger partial charge in [-0.3, -0.25) is 4.90 Å². The van der Waals surface area contributed by atoms with E-state index >= 15 is 0 Å². The van der Waals surface area contributed by atoms with Gasteiger partial charge in [0.1, 0.15) is 11.3 Å². The molecule has 7 heteroatoms. The molecule has 2 rings (SSSR count). The monoisotopic (exact) mass is 349 g/mol. The van der Waals surface area contributed by atoms with Crippen molar-refractivity contribution in [2.24, 2.45) is 0 Å². The maximum Gasteiger partial charge on any atom is 0.410 e. The van der Waals surface area contributed by atoms with Gasteiger partial charge in [-0.1, -0.05) is 0 Å². The maximum absolute atomic E-state index is 12.1. The molecule has 2 heterocycles. The fraction of sp³-hybridized carbons (Fsp3) is 0.611. The van der Waals surface area contributed by atoms with E-state index in [9.17, 15) is 9.59 Å². The third kappa shape index (κ3) is 6.01. The second kappa shape index (κ2) is 8.29. The van der Waals surface area contributed by atoms with E-state index < -0.39 is 11.6 Å². The normalized spacial score (nSPS) is 15.8. The summed E-state index contributed by atoms with van der Waals surface area (Å²) in [5.74, 6) is -0.423. The summed E-state index contributed by atoms with van der Waals surface area (Å²) in [5, 5.41) is 0. The van der Waals surface area contributed by atoms with E-state index in [0.717, 1.165) is 31.6 Å². The number of methoxy groups -OCH3 is 1. The Morgan fingerprint density at radius 1 is 1.20 bits per heavy atom. The van der Waals surface area contributed by atoms with Crippen molar-refractivity contribution in [2.45, 2.75) is 32.8 Å². The van der Waals surface area contributed by atoms with Crippen molar-refractivity contribution >= 4 is 12.1 Å². The highest BCUT2D eigenvalue weighted by Crippen LogP contribution is 2.12. The SMILES string of the molecule is COC(=O)c1cc(CCN2CCN(C(=O)OC(C)(C)C)CC2)ccn1. The molecule has 0 atom stereocenters. The highest BCUT2D eigenvalue weighted by Gasteiger charge is 2.25. The van der Waals surface area contributed by atoms with Gasteiger partial charge in [-0.25, -0.2) is 14.6 Å². The van der Waals surface area contributed by atoms with E-state index in [1.807, 2.05) is 26.8 Å². The first kappa shape index (κ1) is 19.2. The van der Waals surface area contributed by atoms with Gasteiger partial charge in [0.05, 0.1) is 7.11 Å². The van der Waals surface area contributed by atoms with Crippen molar-refractivity contribution in [3.63, 3.8) is 0 Å². The van der Waals surface area contributed by atoms with Gasteiger partial charge in [0, 0.05) is 38.9 Å². The van der Waals surface area contributed by atoms with Crippen LogP contribution in [0.4, 0.5) is 4.79 Å². The molecule has 138 valence electrons. The lowest BCUT2D eigenvalue weighted by molar-refractivity contribution is 0.0146. The number of amides is 1. The van der Waals surface area contributed by atoms with Crippen LogP contribution in [0.5, 0.6) is 0 Å². The molecule has 1 aromatic rings. The molecular weight excluding hydrogens is 322 g/mol. The second-order valence-electron chi connectivity index (χ2n) is 7.10. The summed E-state index contributed by atoms with van der Waals surface area (Å²) in [6.45, 7) is 9.45. The first-order valence-corrected chi connectivity index (χ1v) is 8.52. The largest absolute Gasteiger partial charge is 0.464 e. The van der Waals surface area contributed by atoms with Crippen molar-refractivity contribution in [1.29, 1.82) is 0 Å². The fourth-order valence-electron chi connectivity index (χ4n) is 2.61. The van der Waals surface area contributed by atoms with Crippen molar-refractivity contribution in [2.75, 3.05) is 39.8 Å². The van der Waals surface area contributed by atoms with Gasteiger partial charge in [0.25, 0.3) is 0 Å². The van der Waals surface area contributed by atoms with Gasteiger partial charge in [-0.2, -0.15) is 0 Å². The number of aromatic nitrogens is 1. The number of piperazine rings is 1. The summed E-state index contributed by atoms with van der Waals surface area (Å²) in [5.41, 5.74) is 0.909. The zero-order valence-corrected chi connectivity index (χ0v) is 15.4. The molecule has 1 fully saturated rings. The number of nitrogens with zero attached hydrogens (tertiary/aromatic N) is 3. The van der Waals surface area contributed by atoms with Crippen LogP contribution in [0.25, 0.3) is 0 Å². The minimum absolute atomic E-state index is 0.246. The van der Waals surface area contributed by atoms with E-state index in [0.29, 0.717) is 18.8 Å². The van der Waals surface area contributed by atoms with Crippen LogP contribution in [0, 0.1) is 0 Å². The van der Waals surface area contributed by atoms with Crippen LogP contribution >= 0.6 is 0 Å². The molecule has 0 unspecified atom stereocenters. The molecule has 0 aliphatic carbocycles. The third-order valence-electron chi connectivity index (χ3n) is 3.96. The molecule has 1 saturated heterocycles. The number of pyridine rings is 1.